The SMILES string of the molecule is O=C(NC1(C(=O)NC2COc3cc(Br)ccc32)CC1)C(F)(F)F. The van der Waals surface area contributed by atoms with Crippen molar-refractivity contribution in [2.75, 3.05) is 6.61 Å². The second-order valence-electron chi connectivity index (χ2n) is 5.55. The van der Waals surface area contributed by atoms with E-state index in [0.29, 0.717) is 5.75 Å². The number of fused-ring (bicyclic) bond motifs is 1. The fourth-order valence-corrected chi connectivity index (χ4v) is 2.76. The molecule has 2 N–H and O–H groups in total. The first-order chi connectivity index (χ1) is 10.7. The third-order valence-electron chi connectivity index (χ3n) is 3.86. The molecule has 0 spiro atoms. The molecular weight excluding hydrogens is 381 g/mol. The average Bonchev–Trinajstić information content (AvgIpc) is 3.14. The number of amides is 2. The first-order valence-electron chi connectivity index (χ1n) is 6.84. The largest absolute Gasteiger partial charge is 0.491 e. The van der Waals surface area contributed by atoms with Crippen molar-refractivity contribution in [3.63, 3.8) is 0 Å². The maximum absolute atomic E-state index is 12.3. The number of carbonyl (C=O) groups excluding carboxylic acids is 2. The lowest BCUT2D eigenvalue weighted by atomic mass is 10.1. The van der Waals surface area contributed by atoms with Gasteiger partial charge < -0.3 is 15.4 Å². The first kappa shape index (κ1) is 16.1. The summed E-state index contributed by atoms with van der Waals surface area (Å²) in [6.45, 7) is 0.195. The van der Waals surface area contributed by atoms with Crippen LogP contribution in [0.25, 0.3) is 0 Å². The molecule has 124 valence electrons. The van der Waals surface area contributed by atoms with E-state index >= 15 is 0 Å². The van der Waals surface area contributed by atoms with Crippen LogP contribution in [0.15, 0.2) is 22.7 Å². The molecule has 2 amide bonds. The first-order valence-corrected chi connectivity index (χ1v) is 7.63. The van der Waals surface area contributed by atoms with Gasteiger partial charge in [-0.05, 0) is 25.0 Å². The van der Waals surface area contributed by atoms with Crippen molar-refractivity contribution in [2.45, 2.75) is 30.6 Å². The number of alkyl halides is 3. The van der Waals surface area contributed by atoms with Crippen molar-refractivity contribution in [2.24, 2.45) is 0 Å². The van der Waals surface area contributed by atoms with Crippen molar-refractivity contribution in [1.82, 2.24) is 10.6 Å². The minimum Gasteiger partial charge on any atom is -0.491 e. The van der Waals surface area contributed by atoms with Gasteiger partial charge in [0.05, 0.1) is 6.04 Å². The third kappa shape index (κ3) is 3.15. The van der Waals surface area contributed by atoms with Crippen LogP contribution in [0.3, 0.4) is 0 Å². The molecular formula is C14H12BrF3N2O3. The molecule has 0 saturated heterocycles. The van der Waals surface area contributed by atoms with Crippen LogP contribution in [-0.4, -0.2) is 30.1 Å². The predicted octanol–water partition coefficient (Wildman–Crippen LogP) is 2.21. The Kier molecular flexibility index (Phi) is 3.78. The Hall–Kier alpha value is -1.77. The Morgan fingerprint density at radius 2 is 2.00 bits per heavy atom. The number of hydrogen-bond donors (Lipinski definition) is 2. The van der Waals surface area contributed by atoms with Crippen molar-refractivity contribution in [3.8, 4) is 5.75 Å². The highest BCUT2D eigenvalue weighted by atomic mass is 79.9. The predicted molar refractivity (Wildman–Crippen MR) is 76.7 cm³/mol. The summed E-state index contributed by atoms with van der Waals surface area (Å²) >= 11 is 3.30. The molecule has 1 heterocycles. The molecule has 9 heteroatoms. The maximum Gasteiger partial charge on any atom is 0.471 e. The van der Waals surface area contributed by atoms with E-state index in [-0.39, 0.29) is 19.4 Å². The normalized spacial score (nSPS) is 21.1. The van der Waals surface area contributed by atoms with E-state index in [1.165, 1.54) is 0 Å². The number of rotatable bonds is 3. The van der Waals surface area contributed by atoms with E-state index < -0.39 is 29.6 Å². The van der Waals surface area contributed by atoms with Crippen LogP contribution < -0.4 is 15.4 Å². The Balaban J connectivity index is 1.68. The summed E-state index contributed by atoms with van der Waals surface area (Å²) in [5.74, 6) is -2.12. The highest BCUT2D eigenvalue weighted by Crippen LogP contribution is 2.39. The summed E-state index contributed by atoms with van der Waals surface area (Å²) in [5, 5.41) is 4.44. The minimum atomic E-state index is -5.01. The lowest BCUT2D eigenvalue weighted by molar-refractivity contribution is -0.175. The summed E-state index contributed by atoms with van der Waals surface area (Å²) in [4.78, 5) is 23.3. The smallest absolute Gasteiger partial charge is 0.471 e. The molecule has 1 unspecified atom stereocenters. The number of carbonyl (C=O) groups is 2. The van der Waals surface area contributed by atoms with E-state index in [2.05, 4.69) is 21.2 Å². The molecule has 1 aromatic carbocycles. The summed E-state index contributed by atoms with van der Waals surface area (Å²) in [6, 6.07) is 4.85. The van der Waals surface area contributed by atoms with Gasteiger partial charge in [-0.2, -0.15) is 13.2 Å². The number of nitrogens with one attached hydrogen (secondary N) is 2. The fraction of sp³-hybridized carbons (Fsp3) is 0.429. The maximum atomic E-state index is 12.3. The molecule has 2 aliphatic rings. The van der Waals surface area contributed by atoms with Gasteiger partial charge in [-0.15, -0.1) is 0 Å². The van der Waals surface area contributed by atoms with Crippen molar-refractivity contribution >= 4 is 27.7 Å². The standard InChI is InChI=1S/C14H12BrF3N2O3/c15-7-1-2-8-9(6-23-10(8)5-7)19-11(21)13(3-4-13)20-12(22)14(16,17)18/h1-2,5,9H,3-4,6H2,(H,19,21)(H,20,22). The van der Waals surface area contributed by atoms with E-state index in [0.717, 1.165) is 10.0 Å². The number of hydrogen-bond acceptors (Lipinski definition) is 3. The van der Waals surface area contributed by atoms with Gasteiger partial charge in [0.1, 0.15) is 17.9 Å². The lowest BCUT2D eigenvalue weighted by Gasteiger charge is -2.20. The van der Waals surface area contributed by atoms with Crippen LogP contribution in [0.2, 0.25) is 0 Å². The fourth-order valence-electron chi connectivity index (χ4n) is 2.42. The zero-order valence-electron chi connectivity index (χ0n) is 11.7. The highest BCUT2D eigenvalue weighted by Gasteiger charge is 2.55. The van der Waals surface area contributed by atoms with Gasteiger partial charge in [-0.3, -0.25) is 9.59 Å². The van der Waals surface area contributed by atoms with Crippen molar-refractivity contribution < 1.29 is 27.5 Å². The van der Waals surface area contributed by atoms with E-state index in [9.17, 15) is 22.8 Å². The van der Waals surface area contributed by atoms with Crippen LogP contribution in [0.4, 0.5) is 13.2 Å². The summed E-state index contributed by atoms with van der Waals surface area (Å²) < 4.78 is 43.3. The summed E-state index contributed by atoms with van der Waals surface area (Å²) in [6.07, 6.45) is -4.64. The van der Waals surface area contributed by atoms with Gasteiger partial charge in [0.25, 0.3) is 0 Å². The van der Waals surface area contributed by atoms with Crippen LogP contribution >= 0.6 is 15.9 Å². The number of benzene rings is 1. The Morgan fingerprint density at radius 3 is 2.61 bits per heavy atom. The van der Waals surface area contributed by atoms with Gasteiger partial charge in [0, 0.05) is 10.0 Å². The molecule has 1 saturated carbocycles. The Morgan fingerprint density at radius 1 is 1.30 bits per heavy atom. The highest BCUT2D eigenvalue weighted by molar-refractivity contribution is 9.10. The van der Waals surface area contributed by atoms with E-state index in [4.69, 9.17) is 4.74 Å². The molecule has 1 aliphatic heterocycles. The quantitative estimate of drug-likeness (QED) is 0.828. The van der Waals surface area contributed by atoms with Gasteiger partial charge in [-0.25, -0.2) is 0 Å². The molecule has 3 rings (SSSR count). The molecule has 1 fully saturated rings. The molecule has 0 radical (unpaired) electrons. The molecule has 0 aromatic heterocycles. The minimum absolute atomic E-state index is 0.182. The van der Waals surface area contributed by atoms with Gasteiger partial charge in [-0.1, -0.05) is 22.0 Å². The molecule has 0 bridgehead atoms. The Bertz CT molecular complexity index is 674. The van der Waals surface area contributed by atoms with Crippen LogP contribution in [0, 0.1) is 0 Å². The van der Waals surface area contributed by atoms with E-state index in [1.54, 1.807) is 23.5 Å². The van der Waals surface area contributed by atoms with Crippen LogP contribution in [-0.2, 0) is 9.59 Å². The number of halogens is 4. The monoisotopic (exact) mass is 392 g/mol. The van der Waals surface area contributed by atoms with E-state index in [1.807, 2.05) is 0 Å². The zero-order chi connectivity index (χ0) is 16.8. The molecule has 23 heavy (non-hydrogen) atoms. The zero-order valence-corrected chi connectivity index (χ0v) is 13.3. The topological polar surface area (TPSA) is 67.4 Å². The second kappa shape index (κ2) is 5.40. The molecule has 5 nitrogen and oxygen atoms in total. The van der Waals surface area contributed by atoms with Crippen molar-refractivity contribution in [1.29, 1.82) is 0 Å². The van der Waals surface area contributed by atoms with Crippen LogP contribution in [0.1, 0.15) is 24.4 Å². The van der Waals surface area contributed by atoms with Crippen molar-refractivity contribution in [3.05, 3.63) is 28.2 Å². The lowest BCUT2D eigenvalue weighted by Crippen LogP contribution is -2.53. The van der Waals surface area contributed by atoms with Gasteiger partial charge in [0.15, 0.2) is 0 Å². The van der Waals surface area contributed by atoms with Gasteiger partial charge in [0.2, 0.25) is 5.91 Å². The average molecular weight is 393 g/mol. The van der Waals surface area contributed by atoms with Gasteiger partial charge >= 0.3 is 12.1 Å². The second-order valence-corrected chi connectivity index (χ2v) is 6.47. The van der Waals surface area contributed by atoms with Crippen LogP contribution in [0.5, 0.6) is 5.75 Å². The summed E-state index contributed by atoms with van der Waals surface area (Å²) in [7, 11) is 0. The number of ether oxygens (including phenoxy) is 1. The molecule has 1 atom stereocenters. The Labute approximate surface area is 137 Å². The molecule has 1 aromatic rings. The molecule has 1 aliphatic carbocycles. The third-order valence-corrected chi connectivity index (χ3v) is 4.35. The summed E-state index contributed by atoms with van der Waals surface area (Å²) in [5.41, 5.74) is -0.718.